The zero-order valence-corrected chi connectivity index (χ0v) is 14.8. The summed E-state index contributed by atoms with van der Waals surface area (Å²) >= 11 is 1.31. The fourth-order valence-electron chi connectivity index (χ4n) is 2.30. The number of aromatic nitrogens is 3. The van der Waals surface area contributed by atoms with Crippen molar-refractivity contribution in [2.45, 2.75) is 26.3 Å². The molecule has 0 atom stereocenters. The van der Waals surface area contributed by atoms with E-state index in [-0.39, 0.29) is 17.0 Å². The quantitative estimate of drug-likeness (QED) is 0.764. The zero-order chi connectivity index (χ0) is 17.8. The van der Waals surface area contributed by atoms with Gasteiger partial charge < -0.3 is 4.57 Å². The van der Waals surface area contributed by atoms with E-state index in [0.29, 0.717) is 11.7 Å². The monoisotopic (exact) mass is 354 g/mol. The fourth-order valence-corrected chi connectivity index (χ4v) is 3.04. The van der Waals surface area contributed by atoms with Crippen molar-refractivity contribution in [3.05, 3.63) is 75.1 Å². The van der Waals surface area contributed by atoms with Crippen molar-refractivity contribution in [3.8, 4) is 0 Å². The van der Waals surface area contributed by atoms with Gasteiger partial charge in [-0.15, -0.1) is 10.2 Å². The summed E-state index contributed by atoms with van der Waals surface area (Å²) in [6, 6.07) is 12.8. The summed E-state index contributed by atoms with van der Waals surface area (Å²) in [7, 11) is 0. The number of amides is 1. The van der Waals surface area contributed by atoms with Crippen molar-refractivity contribution in [2.24, 2.45) is 0 Å². The number of rotatable bonds is 5. The van der Waals surface area contributed by atoms with E-state index in [2.05, 4.69) is 15.5 Å². The molecular formula is C18H18N4O2S. The smallest absolute Gasteiger partial charge is 0.263 e. The van der Waals surface area contributed by atoms with E-state index in [0.717, 1.165) is 10.6 Å². The van der Waals surface area contributed by atoms with Crippen molar-refractivity contribution >= 4 is 22.4 Å². The molecule has 0 spiro atoms. The topological polar surface area (TPSA) is 76.9 Å². The van der Waals surface area contributed by atoms with Crippen molar-refractivity contribution in [3.63, 3.8) is 0 Å². The number of pyridine rings is 1. The molecule has 1 amide bonds. The minimum atomic E-state index is -0.473. The molecule has 6 nitrogen and oxygen atoms in total. The summed E-state index contributed by atoms with van der Waals surface area (Å²) < 4.78 is 1.52. The van der Waals surface area contributed by atoms with E-state index < -0.39 is 5.91 Å². The van der Waals surface area contributed by atoms with Crippen molar-refractivity contribution in [2.75, 3.05) is 5.32 Å². The van der Waals surface area contributed by atoms with Crippen LogP contribution in [0.5, 0.6) is 0 Å². The van der Waals surface area contributed by atoms with Crippen LogP contribution in [0.25, 0.3) is 0 Å². The third-order valence-corrected chi connectivity index (χ3v) is 4.75. The average Bonchev–Trinajstić information content (AvgIpc) is 3.06. The highest BCUT2D eigenvalue weighted by Crippen LogP contribution is 2.22. The van der Waals surface area contributed by atoms with Crippen LogP contribution in [0, 0.1) is 0 Å². The lowest BCUT2D eigenvalue weighted by Gasteiger charge is -2.08. The number of hydrogen-bond donors (Lipinski definition) is 1. The van der Waals surface area contributed by atoms with Crippen LogP contribution in [0.1, 0.15) is 40.7 Å². The summed E-state index contributed by atoms with van der Waals surface area (Å²) in [6.07, 6.45) is 1.67. The Labute approximate surface area is 149 Å². The van der Waals surface area contributed by atoms with Gasteiger partial charge in [0.05, 0.1) is 6.54 Å². The van der Waals surface area contributed by atoms with Crippen LogP contribution in [0.15, 0.2) is 53.5 Å². The molecule has 1 N–H and O–H groups in total. The van der Waals surface area contributed by atoms with E-state index in [1.165, 1.54) is 22.0 Å². The van der Waals surface area contributed by atoms with Crippen LogP contribution in [0.3, 0.4) is 0 Å². The number of carbonyl (C=O) groups excluding carboxylic acids is 1. The van der Waals surface area contributed by atoms with Gasteiger partial charge in [-0.2, -0.15) is 0 Å². The molecular weight excluding hydrogens is 336 g/mol. The average molecular weight is 354 g/mol. The number of nitrogens with zero attached hydrogens (tertiary/aromatic N) is 3. The summed E-state index contributed by atoms with van der Waals surface area (Å²) in [6.45, 7) is 4.42. The summed E-state index contributed by atoms with van der Waals surface area (Å²) in [5.74, 6) is -0.234. The van der Waals surface area contributed by atoms with Crippen LogP contribution in [-0.4, -0.2) is 20.7 Å². The Morgan fingerprint density at radius 3 is 2.60 bits per heavy atom. The van der Waals surface area contributed by atoms with Gasteiger partial charge in [0.25, 0.3) is 11.5 Å². The van der Waals surface area contributed by atoms with Crippen LogP contribution in [-0.2, 0) is 6.54 Å². The van der Waals surface area contributed by atoms with Gasteiger partial charge in [-0.1, -0.05) is 55.5 Å². The van der Waals surface area contributed by atoms with Gasteiger partial charge in [0.1, 0.15) is 10.6 Å². The summed E-state index contributed by atoms with van der Waals surface area (Å²) in [4.78, 5) is 25.0. The van der Waals surface area contributed by atoms with Gasteiger partial charge in [0.2, 0.25) is 5.13 Å². The number of carbonyl (C=O) groups is 1. The minimum absolute atomic E-state index is 0.0831. The maximum atomic E-state index is 12.6. The van der Waals surface area contributed by atoms with Crippen LogP contribution < -0.4 is 10.9 Å². The van der Waals surface area contributed by atoms with Crippen LogP contribution >= 0.6 is 11.3 Å². The molecule has 0 bridgehead atoms. The largest absolute Gasteiger partial charge is 0.310 e. The molecule has 0 saturated carbocycles. The highest BCUT2D eigenvalue weighted by molar-refractivity contribution is 7.15. The van der Waals surface area contributed by atoms with Crippen LogP contribution in [0.4, 0.5) is 5.13 Å². The first kappa shape index (κ1) is 17.0. The molecule has 128 valence electrons. The van der Waals surface area contributed by atoms with Gasteiger partial charge in [-0.25, -0.2) is 0 Å². The lowest BCUT2D eigenvalue weighted by Crippen LogP contribution is -2.29. The predicted molar refractivity (Wildman–Crippen MR) is 98.2 cm³/mol. The first-order valence-corrected chi connectivity index (χ1v) is 8.74. The number of nitrogens with one attached hydrogen (secondary N) is 1. The fraction of sp³-hybridized carbons (Fsp3) is 0.222. The minimum Gasteiger partial charge on any atom is -0.310 e. The Morgan fingerprint density at radius 2 is 1.92 bits per heavy atom. The predicted octanol–water partition coefficient (Wildman–Crippen LogP) is 3.12. The van der Waals surface area contributed by atoms with Crippen molar-refractivity contribution in [1.29, 1.82) is 0 Å². The molecule has 25 heavy (non-hydrogen) atoms. The molecule has 0 aliphatic carbocycles. The Balaban J connectivity index is 1.81. The molecule has 0 unspecified atom stereocenters. The second kappa shape index (κ2) is 7.40. The third kappa shape index (κ3) is 4.00. The summed E-state index contributed by atoms with van der Waals surface area (Å²) in [5.41, 5.74) is 0.741. The number of benzene rings is 1. The standard InChI is InChI=1S/C18H18N4O2S/c1-12(2)16-20-21-18(25-16)19-15(23)14-9-6-10-22(17(14)24)11-13-7-4-3-5-8-13/h3-10,12H,11H2,1-2H3,(H,19,21,23). The molecule has 3 aromatic rings. The zero-order valence-electron chi connectivity index (χ0n) is 14.0. The molecule has 7 heteroatoms. The van der Waals surface area contributed by atoms with Crippen LogP contribution in [0.2, 0.25) is 0 Å². The third-order valence-electron chi connectivity index (χ3n) is 3.62. The van der Waals surface area contributed by atoms with Gasteiger partial charge >= 0.3 is 0 Å². The van der Waals surface area contributed by atoms with Gasteiger partial charge in [-0.05, 0) is 17.7 Å². The van der Waals surface area contributed by atoms with E-state index in [1.54, 1.807) is 12.3 Å². The SMILES string of the molecule is CC(C)c1nnc(NC(=O)c2cccn(Cc3ccccc3)c2=O)s1. The molecule has 3 rings (SSSR count). The Bertz CT molecular complexity index is 932. The first-order valence-electron chi connectivity index (χ1n) is 7.92. The number of hydrogen-bond acceptors (Lipinski definition) is 5. The summed E-state index contributed by atoms with van der Waals surface area (Å²) in [5, 5.41) is 11.9. The van der Waals surface area contributed by atoms with Gasteiger partial charge in [0, 0.05) is 12.1 Å². The van der Waals surface area contributed by atoms with Crippen molar-refractivity contribution < 1.29 is 4.79 Å². The van der Waals surface area contributed by atoms with Gasteiger partial charge in [-0.3, -0.25) is 14.9 Å². The lowest BCUT2D eigenvalue weighted by molar-refractivity contribution is 0.102. The highest BCUT2D eigenvalue weighted by atomic mass is 32.1. The Hall–Kier alpha value is -2.80. The normalized spacial score (nSPS) is 10.8. The maximum absolute atomic E-state index is 12.6. The second-order valence-corrected chi connectivity index (χ2v) is 6.90. The molecule has 2 heterocycles. The van der Waals surface area contributed by atoms with E-state index >= 15 is 0 Å². The van der Waals surface area contributed by atoms with E-state index in [9.17, 15) is 9.59 Å². The van der Waals surface area contributed by atoms with E-state index in [4.69, 9.17) is 0 Å². The lowest BCUT2D eigenvalue weighted by atomic mass is 10.2. The second-order valence-electron chi connectivity index (χ2n) is 5.89. The molecule has 0 aliphatic heterocycles. The molecule has 2 aromatic heterocycles. The molecule has 0 saturated heterocycles. The van der Waals surface area contributed by atoms with Crippen molar-refractivity contribution in [1.82, 2.24) is 14.8 Å². The highest BCUT2D eigenvalue weighted by Gasteiger charge is 2.15. The first-order chi connectivity index (χ1) is 12.0. The molecule has 0 fully saturated rings. The Morgan fingerprint density at radius 1 is 1.16 bits per heavy atom. The molecule has 0 radical (unpaired) electrons. The van der Waals surface area contributed by atoms with Gasteiger partial charge in [0.15, 0.2) is 0 Å². The number of anilines is 1. The molecule has 1 aromatic carbocycles. The molecule has 0 aliphatic rings. The maximum Gasteiger partial charge on any atom is 0.263 e. The van der Waals surface area contributed by atoms with E-state index in [1.807, 2.05) is 44.2 Å². The Kier molecular flexibility index (Phi) is 5.04.